The number of hydrogen-bond donors (Lipinski definition) is 1. The molecule has 2 aromatic carbocycles. The summed E-state index contributed by atoms with van der Waals surface area (Å²) in [6.45, 7) is 6.57. The number of benzene rings is 2. The summed E-state index contributed by atoms with van der Waals surface area (Å²) in [4.78, 5) is 11.9. The summed E-state index contributed by atoms with van der Waals surface area (Å²) >= 11 is 0. The quantitative estimate of drug-likeness (QED) is 0.726. The maximum atomic E-state index is 11.9. The predicted octanol–water partition coefficient (Wildman–Crippen LogP) is 4.34. The zero-order chi connectivity index (χ0) is 17.3. The molecule has 1 aromatic heterocycles. The Kier molecular flexibility index (Phi) is 4.30. The second kappa shape index (κ2) is 6.40. The van der Waals surface area contributed by atoms with Crippen LogP contribution in [0.4, 0.5) is 5.69 Å². The summed E-state index contributed by atoms with van der Waals surface area (Å²) in [6.07, 6.45) is 0. The summed E-state index contributed by atoms with van der Waals surface area (Å²) in [5, 5.41) is 4.37. The van der Waals surface area contributed by atoms with Gasteiger partial charge in [0.25, 0.3) is 0 Å². The van der Waals surface area contributed by atoms with Crippen molar-refractivity contribution in [3.63, 3.8) is 0 Å². The summed E-state index contributed by atoms with van der Waals surface area (Å²) in [5.74, 6) is 0.829. The molecule has 0 spiro atoms. The van der Waals surface area contributed by atoms with Gasteiger partial charge in [-0.15, -0.1) is 0 Å². The molecule has 0 aliphatic carbocycles. The average molecular weight is 323 g/mol. The maximum absolute atomic E-state index is 11.9. The van der Waals surface area contributed by atoms with Gasteiger partial charge in [0.05, 0.1) is 7.11 Å². The van der Waals surface area contributed by atoms with Crippen LogP contribution in [0.5, 0.6) is 5.75 Å². The molecular formula is C20H21NO3. The Labute approximate surface area is 141 Å². The van der Waals surface area contributed by atoms with Crippen molar-refractivity contribution in [3.05, 3.63) is 69.1 Å². The Balaban J connectivity index is 1.96. The predicted molar refractivity (Wildman–Crippen MR) is 97.0 cm³/mol. The highest BCUT2D eigenvalue weighted by Crippen LogP contribution is 2.25. The van der Waals surface area contributed by atoms with Crippen molar-refractivity contribution in [1.29, 1.82) is 0 Å². The standard InChI is InChI=1S/C20H21NO3/c1-12-5-7-17-15(10-19(22)24-20(17)14(12)3)11-21-18-8-6-16(23-4)9-13(18)2/h5-10,21H,11H2,1-4H3. The van der Waals surface area contributed by atoms with E-state index in [1.807, 2.05) is 45.0 Å². The molecule has 4 nitrogen and oxygen atoms in total. The van der Waals surface area contributed by atoms with E-state index < -0.39 is 0 Å². The lowest BCUT2D eigenvalue weighted by atomic mass is 10.0. The molecule has 24 heavy (non-hydrogen) atoms. The molecule has 0 saturated heterocycles. The van der Waals surface area contributed by atoms with Gasteiger partial charge < -0.3 is 14.5 Å². The Morgan fingerprint density at radius 1 is 1.04 bits per heavy atom. The molecule has 0 bridgehead atoms. The lowest BCUT2D eigenvalue weighted by Gasteiger charge is -2.13. The third kappa shape index (κ3) is 3.00. The van der Waals surface area contributed by atoms with Crippen LogP contribution in [0.2, 0.25) is 0 Å². The van der Waals surface area contributed by atoms with Crippen LogP contribution < -0.4 is 15.7 Å². The Bertz CT molecular complexity index is 957. The highest BCUT2D eigenvalue weighted by Gasteiger charge is 2.10. The van der Waals surface area contributed by atoms with Gasteiger partial charge in [0.15, 0.2) is 0 Å². The van der Waals surface area contributed by atoms with Crippen LogP contribution in [0.1, 0.15) is 22.3 Å². The van der Waals surface area contributed by atoms with Crippen molar-refractivity contribution in [2.24, 2.45) is 0 Å². The Morgan fingerprint density at radius 3 is 2.54 bits per heavy atom. The molecule has 0 fully saturated rings. The van der Waals surface area contributed by atoms with Crippen LogP contribution in [0.15, 0.2) is 45.6 Å². The van der Waals surface area contributed by atoms with E-state index in [4.69, 9.17) is 9.15 Å². The molecule has 124 valence electrons. The highest BCUT2D eigenvalue weighted by atomic mass is 16.5. The van der Waals surface area contributed by atoms with Gasteiger partial charge in [-0.25, -0.2) is 4.79 Å². The number of nitrogens with one attached hydrogen (secondary N) is 1. The van der Waals surface area contributed by atoms with Crippen molar-refractivity contribution < 1.29 is 9.15 Å². The van der Waals surface area contributed by atoms with E-state index in [1.165, 1.54) is 0 Å². The monoisotopic (exact) mass is 323 g/mol. The smallest absolute Gasteiger partial charge is 0.336 e. The zero-order valence-corrected chi connectivity index (χ0v) is 14.4. The topological polar surface area (TPSA) is 51.5 Å². The first-order chi connectivity index (χ1) is 11.5. The Hall–Kier alpha value is -2.75. The van der Waals surface area contributed by atoms with E-state index in [0.717, 1.165) is 39.1 Å². The molecule has 1 N–H and O–H groups in total. The minimum Gasteiger partial charge on any atom is -0.497 e. The van der Waals surface area contributed by atoms with E-state index in [1.54, 1.807) is 13.2 Å². The van der Waals surface area contributed by atoms with Gasteiger partial charge in [0, 0.05) is 23.7 Å². The molecule has 0 radical (unpaired) electrons. The zero-order valence-electron chi connectivity index (χ0n) is 14.4. The summed E-state index contributed by atoms with van der Waals surface area (Å²) in [6, 6.07) is 11.5. The molecule has 1 heterocycles. The molecular weight excluding hydrogens is 302 g/mol. The van der Waals surface area contributed by atoms with Gasteiger partial charge in [-0.05, 0) is 61.2 Å². The molecule has 3 aromatic rings. The van der Waals surface area contributed by atoms with Crippen LogP contribution in [-0.4, -0.2) is 7.11 Å². The van der Waals surface area contributed by atoms with Crippen LogP contribution in [-0.2, 0) is 6.54 Å². The molecule has 0 saturated carbocycles. The van der Waals surface area contributed by atoms with Gasteiger partial charge in [-0.3, -0.25) is 0 Å². The van der Waals surface area contributed by atoms with Gasteiger partial charge in [-0.2, -0.15) is 0 Å². The summed E-state index contributed by atoms with van der Waals surface area (Å²) < 4.78 is 10.6. The number of anilines is 1. The summed E-state index contributed by atoms with van der Waals surface area (Å²) in [7, 11) is 1.65. The van der Waals surface area contributed by atoms with Crippen molar-refractivity contribution in [1.82, 2.24) is 0 Å². The van der Waals surface area contributed by atoms with Crippen LogP contribution >= 0.6 is 0 Å². The van der Waals surface area contributed by atoms with Gasteiger partial charge in [0.2, 0.25) is 0 Å². The fourth-order valence-corrected chi connectivity index (χ4v) is 2.82. The summed E-state index contributed by atoms with van der Waals surface area (Å²) in [5.41, 5.74) is 5.51. The van der Waals surface area contributed by atoms with Crippen molar-refractivity contribution in [2.75, 3.05) is 12.4 Å². The van der Waals surface area contributed by atoms with Crippen molar-refractivity contribution >= 4 is 16.7 Å². The van der Waals surface area contributed by atoms with Gasteiger partial charge in [-0.1, -0.05) is 12.1 Å². The van der Waals surface area contributed by atoms with Crippen LogP contribution in [0, 0.1) is 20.8 Å². The molecule has 0 amide bonds. The molecule has 0 aliphatic rings. The fourth-order valence-electron chi connectivity index (χ4n) is 2.82. The first kappa shape index (κ1) is 16.1. The van der Waals surface area contributed by atoms with E-state index in [-0.39, 0.29) is 5.63 Å². The first-order valence-electron chi connectivity index (χ1n) is 7.91. The number of fused-ring (bicyclic) bond motifs is 1. The van der Waals surface area contributed by atoms with Crippen LogP contribution in [0.3, 0.4) is 0 Å². The Morgan fingerprint density at radius 2 is 1.83 bits per heavy atom. The lowest BCUT2D eigenvalue weighted by Crippen LogP contribution is -2.07. The molecule has 0 aliphatic heterocycles. The molecule has 0 atom stereocenters. The minimum atomic E-state index is -0.320. The van der Waals surface area contributed by atoms with E-state index in [2.05, 4.69) is 11.4 Å². The maximum Gasteiger partial charge on any atom is 0.336 e. The molecule has 3 rings (SSSR count). The lowest BCUT2D eigenvalue weighted by molar-refractivity contribution is 0.414. The molecule has 4 heteroatoms. The fraction of sp³-hybridized carbons (Fsp3) is 0.250. The minimum absolute atomic E-state index is 0.320. The van der Waals surface area contributed by atoms with Gasteiger partial charge in [0.1, 0.15) is 11.3 Å². The highest BCUT2D eigenvalue weighted by molar-refractivity contribution is 5.84. The SMILES string of the molecule is COc1ccc(NCc2cc(=O)oc3c(C)c(C)ccc23)c(C)c1. The van der Waals surface area contributed by atoms with E-state index in [9.17, 15) is 4.79 Å². The first-order valence-corrected chi connectivity index (χ1v) is 7.91. The number of aryl methyl sites for hydroxylation is 3. The van der Waals surface area contributed by atoms with E-state index in [0.29, 0.717) is 12.1 Å². The normalized spacial score (nSPS) is 10.8. The molecule has 0 unspecified atom stereocenters. The third-order valence-corrected chi connectivity index (χ3v) is 4.42. The van der Waals surface area contributed by atoms with Crippen LogP contribution in [0.25, 0.3) is 11.0 Å². The van der Waals surface area contributed by atoms with Gasteiger partial charge >= 0.3 is 5.63 Å². The van der Waals surface area contributed by atoms with Crippen molar-refractivity contribution in [3.8, 4) is 5.75 Å². The number of methoxy groups -OCH3 is 1. The second-order valence-corrected chi connectivity index (χ2v) is 6.01. The number of rotatable bonds is 4. The van der Waals surface area contributed by atoms with Crippen molar-refractivity contribution in [2.45, 2.75) is 27.3 Å². The number of ether oxygens (including phenoxy) is 1. The van der Waals surface area contributed by atoms with E-state index >= 15 is 0 Å². The average Bonchev–Trinajstić information content (AvgIpc) is 2.57. The second-order valence-electron chi connectivity index (χ2n) is 6.01. The number of hydrogen-bond acceptors (Lipinski definition) is 4. The third-order valence-electron chi connectivity index (χ3n) is 4.42. The largest absolute Gasteiger partial charge is 0.497 e.